The molecular formula is C13H19N3O. The molecule has 1 heterocycles. The minimum Gasteiger partial charge on any atom is -0.398 e. The molecule has 1 aromatic rings. The van der Waals surface area contributed by atoms with Gasteiger partial charge in [-0.15, -0.1) is 0 Å². The Bertz CT molecular complexity index is 411. The number of hydrogen-bond donors (Lipinski definition) is 2. The van der Waals surface area contributed by atoms with Gasteiger partial charge >= 0.3 is 0 Å². The summed E-state index contributed by atoms with van der Waals surface area (Å²) in [6, 6.07) is 1.73. The van der Waals surface area contributed by atoms with Crippen molar-refractivity contribution in [2.75, 3.05) is 12.3 Å². The van der Waals surface area contributed by atoms with Crippen molar-refractivity contribution in [2.45, 2.75) is 32.6 Å². The predicted octanol–water partition coefficient (Wildman–Crippen LogP) is 1.89. The van der Waals surface area contributed by atoms with Crippen molar-refractivity contribution in [3.63, 3.8) is 0 Å². The van der Waals surface area contributed by atoms with Crippen LogP contribution in [0.25, 0.3) is 0 Å². The molecule has 1 aromatic heterocycles. The number of nitrogens with two attached hydrogens (primary N) is 1. The molecular weight excluding hydrogens is 214 g/mol. The summed E-state index contributed by atoms with van der Waals surface area (Å²) in [7, 11) is 0. The molecule has 1 fully saturated rings. The second-order valence-electron chi connectivity index (χ2n) is 4.77. The maximum Gasteiger partial charge on any atom is 0.254 e. The molecule has 0 bridgehead atoms. The summed E-state index contributed by atoms with van der Waals surface area (Å²) in [6.45, 7) is 2.61. The molecule has 0 atom stereocenters. The second-order valence-corrected chi connectivity index (χ2v) is 4.77. The Hall–Kier alpha value is -1.58. The molecule has 17 heavy (non-hydrogen) atoms. The van der Waals surface area contributed by atoms with Crippen LogP contribution >= 0.6 is 0 Å². The van der Waals surface area contributed by atoms with Crippen LogP contribution in [-0.2, 0) is 0 Å². The third-order valence-corrected chi connectivity index (χ3v) is 3.34. The number of carbonyl (C=O) groups is 1. The van der Waals surface area contributed by atoms with E-state index in [0.717, 1.165) is 12.2 Å². The summed E-state index contributed by atoms with van der Waals surface area (Å²) in [5.41, 5.74) is 7.62. The van der Waals surface area contributed by atoms with Crippen LogP contribution in [0, 0.1) is 12.8 Å². The van der Waals surface area contributed by atoms with Crippen molar-refractivity contribution in [2.24, 2.45) is 5.92 Å². The predicted molar refractivity (Wildman–Crippen MR) is 67.7 cm³/mol. The first-order chi connectivity index (χ1) is 8.16. The standard InChI is InChI=1S/C13H19N3O/c1-9-6-12(14)11(8-15-9)13(17)16-7-10-4-2-3-5-10/h6,8,10H,2-5,7H2,1H3,(H2,14,15)(H,16,17). The summed E-state index contributed by atoms with van der Waals surface area (Å²) in [5, 5.41) is 2.94. The minimum absolute atomic E-state index is 0.109. The first-order valence-corrected chi connectivity index (χ1v) is 6.17. The van der Waals surface area contributed by atoms with Crippen molar-refractivity contribution in [3.05, 3.63) is 23.5 Å². The normalized spacial score (nSPS) is 16.1. The van der Waals surface area contributed by atoms with Crippen LogP contribution in [-0.4, -0.2) is 17.4 Å². The highest BCUT2D eigenvalue weighted by Gasteiger charge is 2.17. The first-order valence-electron chi connectivity index (χ1n) is 6.17. The lowest BCUT2D eigenvalue weighted by Crippen LogP contribution is -2.29. The number of carbonyl (C=O) groups excluding carboxylic acids is 1. The molecule has 3 N–H and O–H groups in total. The molecule has 0 spiro atoms. The van der Waals surface area contributed by atoms with Gasteiger partial charge in [0.2, 0.25) is 0 Å². The number of nitrogen functional groups attached to an aromatic ring is 1. The lowest BCUT2D eigenvalue weighted by atomic mass is 10.1. The number of nitrogens with one attached hydrogen (secondary N) is 1. The number of nitrogens with zero attached hydrogens (tertiary/aromatic N) is 1. The quantitative estimate of drug-likeness (QED) is 0.837. The molecule has 0 unspecified atom stereocenters. The summed E-state index contributed by atoms with van der Waals surface area (Å²) < 4.78 is 0. The highest BCUT2D eigenvalue weighted by molar-refractivity contribution is 5.98. The van der Waals surface area contributed by atoms with E-state index in [1.165, 1.54) is 25.7 Å². The molecule has 2 rings (SSSR count). The van der Waals surface area contributed by atoms with Crippen LogP contribution in [0.1, 0.15) is 41.7 Å². The average Bonchev–Trinajstić information content (AvgIpc) is 2.78. The summed E-state index contributed by atoms with van der Waals surface area (Å²) >= 11 is 0. The molecule has 1 aliphatic rings. The summed E-state index contributed by atoms with van der Waals surface area (Å²) in [6.07, 6.45) is 6.57. The second kappa shape index (κ2) is 5.17. The van der Waals surface area contributed by atoms with Crippen LogP contribution in [0.15, 0.2) is 12.3 Å². The monoisotopic (exact) mass is 233 g/mol. The Labute approximate surface area is 102 Å². The van der Waals surface area contributed by atoms with Crippen molar-refractivity contribution in [1.82, 2.24) is 10.3 Å². The molecule has 92 valence electrons. The molecule has 0 saturated heterocycles. The topological polar surface area (TPSA) is 68.0 Å². The number of rotatable bonds is 3. The van der Waals surface area contributed by atoms with E-state index in [1.807, 2.05) is 6.92 Å². The largest absolute Gasteiger partial charge is 0.398 e. The van der Waals surface area contributed by atoms with Gasteiger partial charge in [0.05, 0.1) is 5.56 Å². The number of pyridine rings is 1. The van der Waals surface area contributed by atoms with Crippen LogP contribution in [0.3, 0.4) is 0 Å². The fraction of sp³-hybridized carbons (Fsp3) is 0.538. The molecule has 4 nitrogen and oxygen atoms in total. The van der Waals surface area contributed by atoms with Gasteiger partial charge in [0.25, 0.3) is 5.91 Å². The Morgan fingerprint density at radius 3 is 2.88 bits per heavy atom. The van der Waals surface area contributed by atoms with Crippen molar-refractivity contribution in [1.29, 1.82) is 0 Å². The fourth-order valence-corrected chi connectivity index (χ4v) is 2.32. The Morgan fingerprint density at radius 2 is 2.24 bits per heavy atom. The highest BCUT2D eigenvalue weighted by Crippen LogP contribution is 2.23. The zero-order valence-corrected chi connectivity index (χ0v) is 10.2. The Kier molecular flexibility index (Phi) is 3.61. The molecule has 1 amide bonds. The van der Waals surface area contributed by atoms with Gasteiger partial charge in [-0.05, 0) is 31.7 Å². The molecule has 4 heteroatoms. The van der Waals surface area contributed by atoms with E-state index in [2.05, 4.69) is 10.3 Å². The number of hydrogen-bond acceptors (Lipinski definition) is 3. The third-order valence-electron chi connectivity index (χ3n) is 3.34. The summed E-state index contributed by atoms with van der Waals surface area (Å²) in [4.78, 5) is 16.0. The van der Waals surface area contributed by atoms with Crippen LogP contribution < -0.4 is 11.1 Å². The number of aromatic nitrogens is 1. The molecule has 1 aliphatic carbocycles. The van der Waals surface area contributed by atoms with Gasteiger partial charge in [0.15, 0.2) is 0 Å². The van der Waals surface area contributed by atoms with Gasteiger partial charge in [-0.25, -0.2) is 0 Å². The van der Waals surface area contributed by atoms with Crippen molar-refractivity contribution < 1.29 is 4.79 Å². The highest BCUT2D eigenvalue weighted by atomic mass is 16.1. The van der Waals surface area contributed by atoms with Gasteiger partial charge in [-0.3, -0.25) is 9.78 Å². The van der Waals surface area contributed by atoms with E-state index in [-0.39, 0.29) is 5.91 Å². The molecule has 1 saturated carbocycles. The Morgan fingerprint density at radius 1 is 1.53 bits per heavy atom. The smallest absolute Gasteiger partial charge is 0.254 e. The fourth-order valence-electron chi connectivity index (χ4n) is 2.32. The van der Waals surface area contributed by atoms with Gasteiger partial charge < -0.3 is 11.1 Å². The van der Waals surface area contributed by atoms with Crippen LogP contribution in [0.5, 0.6) is 0 Å². The maximum atomic E-state index is 11.9. The molecule has 0 aliphatic heterocycles. The number of anilines is 1. The summed E-state index contributed by atoms with van der Waals surface area (Å²) in [5.74, 6) is 0.528. The van der Waals surface area contributed by atoms with Gasteiger partial charge in [-0.2, -0.15) is 0 Å². The number of amides is 1. The van der Waals surface area contributed by atoms with Gasteiger partial charge in [0, 0.05) is 24.1 Å². The first kappa shape index (κ1) is 11.9. The zero-order chi connectivity index (χ0) is 12.3. The van der Waals surface area contributed by atoms with E-state index in [1.54, 1.807) is 12.3 Å². The lowest BCUT2D eigenvalue weighted by molar-refractivity contribution is 0.0948. The van der Waals surface area contributed by atoms with Crippen LogP contribution in [0.4, 0.5) is 5.69 Å². The van der Waals surface area contributed by atoms with Crippen LogP contribution in [0.2, 0.25) is 0 Å². The molecule has 0 aromatic carbocycles. The van der Waals surface area contributed by atoms with Gasteiger partial charge in [0.1, 0.15) is 0 Å². The SMILES string of the molecule is Cc1cc(N)c(C(=O)NCC2CCCC2)cn1. The maximum absolute atomic E-state index is 11.9. The van der Waals surface area contributed by atoms with E-state index in [0.29, 0.717) is 17.2 Å². The average molecular weight is 233 g/mol. The minimum atomic E-state index is -0.109. The van der Waals surface area contributed by atoms with Crippen molar-refractivity contribution in [3.8, 4) is 0 Å². The van der Waals surface area contributed by atoms with E-state index < -0.39 is 0 Å². The van der Waals surface area contributed by atoms with E-state index in [9.17, 15) is 4.79 Å². The third kappa shape index (κ3) is 2.96. The number of aryl methyl sites for hydroxylation is 1. The van der Waals surface area contributed by atoms with E-state index in [4.69, 9.17) is 5.73 Å². The van der Waals surface area contributed by atoms with Crippen molar-refractivity contribution >= 4 is 11.6 Å². The zero-order valence-electron chi connectivity index (χ0n) is 10.2. The van der Waals surface area contributed by atoms with Gasteiger partial charge in [-0.1, -0.05) is 12.8 Å². The molecule has 0 radical (unpaired) electrons. The Balaban J connectivity index is 1.94. The van der Waals surface area contributed by atoms with E-state index >= 15 is 0 Å². The lowest BCUT2D eigenvalue weighted by Gasteiger charge is -2.11.